The van der Waals surface area contributed by atoms with Gasteiger partial charge in [-0.25, -0.2) is 0 Å². The Morgan fingerprint density at radius 1 is 1.05 bits per heavy atom. The van der Waals surface area contributed by atoms with Gasteiger partial charge < -0.3 is 29.1 Å². The van der Waals surface area contributed by atoms with Gasteiger partial charge in [0, 0.05) is 43.3 Å². The predicted molar refractivity (Wildman–Crippen MR) is 153 cm³/mol. The van der Waals surface area contributed by atoms with Crippen LogP contribution in [0.5, 0.6) is 11.8 Å². The molecule has 6 rings (SSSR count). The third-order valence-corrected chi connectivity index (χ3v) is 8.09. The van der Waals surface area contributed by atoms with E-state index in [4.69, 9.17) is 19.4 Å². The number of amides is 1. The van der Waals surface area contributed by atoms with E-state index in [2.05, 4.69) is 70.8 Å². The Bertz CT molecular complexity index is 1350. The van der Waals surface area contributed by atoms with Crippen LogP contribution in [0.1, 0.15) is 18.5 Å². The largest absolute Gasteiger partial charge is 0.486 e. The Kier molecular flexibility index (Phi) is 7.24. The van der Waals surface area contributed by atoms with Gasteiger partial charge in [-0.15, -0.1) is 0 Å². The second-order valence-electron chi connectivity index (χ2n) is 10.5. The maximum atomic E-state index is 12.2. The van der Waals surface area contributed by atoms with Gasteiger partial charge in [-0.2, -0.15) is 9.97 Å². The van der Waals surface area contributed by atoms with Crippen LogP contribution in [-0.4, -0.2) is 91.2 Å². The maximum absolute atomic E-state index is 12.2. The minimum Gasteiger partial charge on any atom is -0.486 e. The first-order valence-electron chi connectivity index (χ1n) is 13.9. The van der Waals surface area contributed by atoms with E-state index < -0.39 is 0 Å². The first-order chi connectivity index (χ1) is 19.1. The molecule has 0 spiro atoms. The molecular weight excluding hydrogens is 492 g/mol. The summed E-state index contributed by atoms with van der Waals surface area (Å²) in [4.78, 5) is 30.6. The second kappa shape index (κ2) is 11.1. The van der Waals surface area contributed by atoms with Gasteiger partial charge in [-0.3, -0.25) is 4.79 Å². The molecule has 39 heavy (non-hydrogen) atoms. The lowest BCUT2D eigenvalue weighted by Gasteiger charge is -2.35. The van der Waals surface area contributed by atoms with Crippen molar-refractivity contribution in [2.45, 2.75) is 25.4 Å². The summed E-state index contributed by atoms with van der Waals surface area (Å²) in [5, 5.41) is 2.42. The van der Waals surface area contributed by atoms with Crippen LogP contribution in [0.15, 0.2) is 55.1 Å². The van der Waals surface area contributed by atoms with Crippen molar-refractivity contribution >= 4 is 28.2 Å². The molecule has 0 radical (unpaired) electrons. The van der Waals surface area contributed by atoms with Crippen LogP contribution in [0, 0.1) is 0 Å². The molecule has 0 saturated carbocycles. The van der Waals surface area contributed by atoms with Crippen molar-refractivity contribution < 1.29 is 14.3 Å². The van der Waals surface area contributed by atoms with E-state index in [0.29, 0.717) is 63.7 Å². The summed E-state index contributed by atoms with van der Waals surface area (Å²) in [6, 6.07) is 15.6. The zero-order valence-electron chi connectivity index (χ0n) is 22.6. The predicted octanol–water partition coefficient (Wildman–Crippen LogP) is 3.34. The zero-order valence-corrected chi connectivity index (χ0v) is 22.6. The number of fused-ring (bicyclic) bond motifs is 2. The van der Waals surface area contributed by atoms with Crippen LogP contribution in [0.4, 0.5) is 11.5 Å². The summed E-state index contributed by atoms with van der Waals surface area (Å²) in [7, 11) is 2.14. The number of hydrogen-bond acceptors (Lipinski definition) is 8. The minimum absolute atomic E-state index is 0.0390. The molecule has 1 amide bonds. The van der Waals surface area contributed by atoms with Crippen molar-refractivity contribution in [2.75, 3.05) is 69.3 Å². The quantitative estimate of drug-likeness (QED) is 0.451. The van der Waals surface area contributed by atoms with Crippen LogP contribution in [-0.2, 0) is 11.3 Å². The highest BCUT2D eigenvalue weighted by Crippen LogP contribution is 2.37. The molecule has 204 valence electrons. The Balaban J connectivity index is 1.32. The van der Waals surface area contributed by atoms with Crippen molar-refractivity contribution in [3.63, 3.8) is 0 Å². The SMILES string of the molecule is C=CC(=O)N1CCN(c2nc(OC[C@@H]3CCCN3C)nc3c2OCCN(c2cccc4ccccc24)C3)CC1. The third kappa shape index (κ3) is 5.23. The number of nitrogens with zero attached hydrogens (tertiary/aromatic N) is 6. The number of aromatic nitrogens is 2. The molecule has 9 nitrogen and oxygen atoms in total. The van der Waals surface area contributed by atoms with Gasteiger partial charge in [0.15, 0.2) is 11.6 Å². The van der Waals surface area contributed by atoms with Gasteiger partial charge in [0.05, 0.1) is 13.1 Å². The lowest BCUT2D eigenvalue weighted by atomic mass is 10.1. The Morgan fingerprint density at radius 2 is 1.87 bits per heavy atom. The number of ether oxygens (including phenoxy) is 2. The molecule has 1 aromatic heterocycles. The molecule has 2 saturated heterocycles. The highest BCUT2D eigenvalue weighted by Gasteiger charge is 2.30. The Labute approximate surface area is 229 Å². The molecule has 0 N–H and O–H groups in total. The molecule has 2 aromatic carbocycles. The summed E-state index contributed by atoms with van der Waals surface area (Å²) in [6.07, 6.45) is 3.68. The van der Waals surface area contributed by atoms with Gasteiger partial charge in [-0.05, 0) is 44.0 Å². The minimum atomic E-state index is -0.0390. The van der Waals surface area contributed by atoms with E-state index in [1.165, 1.54) is 23.3 Å². The zero-order chi connectivity index (χ0) is 26.8. The fraction of sp³-hybridized carbons (Fsp3) is 0.433. The molecule has 3 aliphatic heterocycles. The lowest BCUT2D eigenvalue weighted by Crippen LogP contribution is -2.48. The summed E-state index contributed by atoms with van der Waals surface area (Å²) in [5.74, 6) is 1.43. The summed E-state index contributed by atoms with van der Waals surface area (Å²) < 4.78 is 12.6. The van der Waals surface area contributed by atoms with Crippen LogP contribution in [0.2, 0.25) is 0 Å². The van der Waals surface area contributed by atoms with Crippen molar-refractivity contribution in [2.24, 2.45) is 0 Å². The number of benzene rings is 2. The summed E-state index contributed by atoms with van der Waals surface area (Å²) in [6.45, 7) is 9.65. The maximum Gasteiger partial charge on any atom is 0.318 e. The van der Waals surface area contributed by atoms with E-state index in [1.54, 1.807) is 0 Å². The number of rotatable bonds is 6. The fourth-order valence-electron chi connectivity index (χ4n) is 5.83. The van der Waals surface area contributed by atoms with E-state index in [0.717, 1.165) is 36.7 Å². The number of likely N-dealkylation sites (N-methyl/N-ethyl adjacent to an activating group) is 1. The van der Waals surface area contributed by atoms with Gasteiger partial charge in [0.2, 0.25) is 5.91 Å². The summed E-state index contributed by atoms with van der Waals surface area (Å²) >= 11 is 0. The average molecular weight is 529 g/mol. The highest BCUT2D eigenvalue weighted by atomic mass is 16.5. The summed E-state index contributed by atoms with van der Waals surface area (Å²) in [5.41, 5.74) is 1.99. The molecule has 9 heteroatoms. The monoisotopic (exact) mass is 528 g/mol. The molecule has 0 bridgehead atoms. The number of carbonyl (C=O) groups is 1. The van der Waals surface area contributed by atoms with Crippen molar-refractivity contribution in [1.29, 1.82) is 0 Å². The molecular formula is C30H36N6O3. The van der Waals surface area contributed by atoms with E-state index >= 15 is 0 Å². The Hall–Kier alpha value is -3.85. The lowest BCUT2D eigenvalue weighted by molar-refractivity contribution is -0.126. The third-order valence-electron chi connectivity index (χ3n) is 8.09. The first-order valence-corrected chi connectivity index (χ1v) is 13.9. The number of piperazine rings is 1. The standard InChI is InChI=1S/C30H36N6O3/c1-3-27(37)34-14-16-35(17-15-34)29-28-25(31-30(32-29)39-21-23-10-7-13-33(23)2)20-36(18-19-38-28)26-12-6-9-22-8-4-5-11-24(22)26/h3-6,8-9,11-12,23H,1,7,10,13-21H2,2H3/t23-/m0/s1. The van der Waals surface area contributed by atoms with Gasteiger partial charge >= 0.3 is 6.01 Å². The van der Waals surface area contributed by atoms with Crippen LogP contribution < -0.4 is 19.3 Å². The van der Waals surface area contributed by atoms with Crippen LogP contribution >= 0.6 is 0 Å². The molecule has 3 aliphatic rings. The van der Waals surface area contributed by atoms with Crippen molar-refractivity contribution in [1.82, 2.24) is 19.8 Å². The number of carbonyl (C=O) groups excluding carboxylic acids is 1. The number of hydrogen-bond donors (Lipinski definition) is 0. The Morgan fingerprint density at radius 3 is 2.67 bits per heavy atom. The fourth-order valence-corrected chi connectivity index (χ4v) is 5.83. The average Bonchev–Trinajstić information content (AvgIpc) is 3.27. The van der Waals surface area contributed by atoms with Gasteiger partial charge in [0.25, 0.3) is 0 Å². The molecule has 4 heterocycles. The molecule has 1 atom stereocenters. The molecule has 0 unspecified atom stereocenters. The highest BCUT2D eigenvalue weighted by molar-refractivity contribution is 5.94. The van der Waals surface area contributed by atoms with Crippen molar-refractivity contribution in [3.05, 3.63) is 60.8 Å². The first kappa shape index (κ1) is 25.4. The smallest absolute Gasteiger partial charge is 0.318 e. The number of anilines is 2. The van der Waals surface area contributed by atoms with Crippen LogP contribution in [0.25, 0.3) is 10.8 Å². The molecule has 2 fully saturated rings. The second-order valence-corrected chi connectivity index (χ2v) is 10.5. The molecule has 3 aromatic rings. The van der Waals surface area contributed by atoms with E-state index in [1.807, 2.05) is 4.90 Å². The van der Waals surface area contributed by atoms with Crippen LogP contribution in [0.3, 0.4) is 0 Å². The normalized spacial score (nSPS) is 19.9. The van der Waals surface area contributed by atoms with Crippen molar-refractivity contribution in [3.8, 4) is 11.8 Å². The topological polar surface area (TPSA) is 74.3 Å². The van der Waals surface area contributed by atoms with Gasteiger partial charge in [-0.1, -0.05) is 43.0 Å². The molecule has 0 aliphatic carbocycles. The van der Waals surface area contributed by atoms with E-state index in [-0.39, 0.29) is 5.91 Å². The number of likely N-dealkylation sites (tertiary alicyclic amines) is 1. The van der Waals surface area contributed by atoms with Gasteiger partial charge in [0.1, 0.15) is 18.9 Å². The van der Waals surface area contributed by atoms with E-state index in [9.17, 15) is 4.79 Å².